The number of halogens is 4. The van der Waals surface area contributed by atoms with Crippen molar-refractivity contribution < 1.29 is 10.2 Å². The first-order valence-electron chi connectivity index (χ1n) is 4.11. The largest absolute Gasteiger partial charge is 0.505 e. The quantitative estimate of drug-likeness (QED) is 0.662. The minimum atomic E-state index is -0.0993. The molecule has 0 amide bonds. The first-order valence-corrected chi connectivity index (χ1v) is 6.45. The van der Waals surface area contributed by atoms with E-state index in [1.807, 2.05) is 0 Å². The maximum atomic E-state index is 9.66. The summed E-state index contributed by atoms with van der Waals surface area (Å²) in [6.07, 6.45) is 0. The maximum Gasteiger partial charge on any atom is 0.149 e. The molecule has 0 radical (unpaired) electrons. The molecule has 0 saturated carbocycles. The number of hydrogen-bond acceptors (Lipinski definition) is 2. The van der Waals surface area contributed by atoms with Gasteiger partial charge in [-0.25, -0.2) is 0 Å². The summed E-state index contributed by atoms with van der Waals surface area (Å²) in [5.74, 6) is -0.199. The van der Waals surface area contributed by atoms with E-state index in [9.17, 15) is 10.2 Å². The molecule has 2 aromatic rings. The molecule has 0 spiro atoms. The molecule has 0 heterocycles. The Labute approximate surface area is 118 Å². The molecule has 2 rings (SSSR count). The van der Waals surface area contributed by atoms with Crippen molar-refractivity contribution in [2.45, 2.75) is 0 Å². The van der Waals surface area contributed by atoms with Crippen LogP contribution in [0.4, 0.5) is 0 Å². The molecular formula is C10H4Br2Cl2O2. The number of phenolic OH excluding ortho intramolecular Hbond substituents is 2. The lowest BCUT2D eigenvalue weighted by Gasteiger charge is -2.09. The Kier molecular flexibility index (Phi) is 3.27. The third kappa shape index (κ3) is 1.78. The molecular weight excluding hydrogens is 383 g/mol. The van der Waals surface area contributed by atoms with E-state index < -0.39 is 0 Å². The zero-order valence-corrected chi connectivity index (χ0v) is 12.2. The summed E-state index contributed by atoms with van der Waals surface area (Å²) in [4.78, 5) is 0. The molecule has 16 heavy (non-hydrogen) atoms. The van der Waals surface area contributed by atoms with E-state index in [2.05, 4.69) is 31.9 Å². The lowest BCUT2D eigenvalue weighted by molar-refractivity contribution is 0.471. The molecule has 0 bridgehead atoms. The van der Waals surface area contributed by atoms with E-state index in [4.69, 9.17) is 23.2 Å². The third-order valence-corrected chi connectivity index (χ3v) is 4.11. The van der Waals surface area contributed by atoms with Crippen molar-refractivity contribution in [2.75, 3.05) is 0 Å². The van der Waals surface area contributed by atoms with Crippen molar-refractivity contribution in [3.8, 4) is 11.5 Å². The second-order valence-corrected chi connectivity index (χ2v) is 5.60. The van der Waals surface area contributed by atoms with Gasteiger partial charge in [-0.15, -0.1) is 0 Å². The molecule has 2 aromatic carbocycles. The fourth-order valence-corrected chi connectivity index (χ4v) is 3.17. The molecule has 0 saturated heterocycles. The zero-order valence-electron chi connectivity index (χ0n) is 7.56. The van der Waals surface area contributed by atoms with Crippen LogP contribution in [0.1, 0.15) is 0 Å². The van der Waals surface area contributed by atoms with Gasteiger partial charge in [-0.2, -0.15) is 0 Å². The van der Waals surface area contributed by atoms with Crippen molar-refractivity contribution >= 4 is 65.8 Å². The number of phenols is 2. The van der Waals surface area contributed by atoms with Crippen LogP contribution in [0.25, 0.3) is 10.8 Å². The Morgan fingerprint density at radius 2 is 1.25 bits per heavy atom. The van der Waals surface area contributed by atoms with E-state index >= 15 is 0 Å². The minimum absolute atomic E-state index is 0.0993. The van der Waals surface area contributed by atoms with Crippen molar-refractivity contribution in [1.82, 2.24) is 0 Å². The summed E-state index contributed by atoms with van der Waals surface area (Å²) in [5, 5.41) is 20.7. The topological polar surface area (TPSA) is 40.5 Å². The van der Waals surface area contributed by atoms with Gasteiger partial charge in [0.1, 0.15) is 11.5 Å². The highest BCUT2D eigenvalue weighted by Gasteiger charge is 2.16. The Hall–Kier alpha value is -0.160. The number of fused-ring (bicyclic) bond motifs is 1. The number of hydrogen-bond donors (Lipinski definition) is 2. The summed E-state index contributed by atoms with van der Waals surface area (Å²) >= 11 is 18.3. The fraction of sp³-hybridized carbons (Fsp3) is 0. The van der Waals surface area contributed by atoms with Gasteiger partial charge in [0.25, 0.3) is 0 Å². The molecule has 0 aliphatic heterocycles. The summed E-state index contributed by atoms with van der Waals surface area (Å²) < 4.78 is 0.942. The molecule has 0 fully saturated rings. The predicted octanol–water partition coefficient (Wildman–Crippen LogP) is 5.08. The standard InChI is InChI=1S/C10H4Br2Cl2O2/c11-4-1-3-2-5(12)10(16)8(14)6(3)7(13)9(4)15/h1-2,15-16H. The van der Waals surface area contributed by atoms with Crippen LogP contribution in [0, 0.1) is 0 Å². The van der Waals surface area contributed by atoms with Crippen molar-refractivity contribution in [2.24, 2.45) is 0 Å². The first-order chi connectivity index (χ1) is 7.43. The first kappa shape index (κ1) is 12.3. The van der Waals surface area contributed by atoms with Crippen LogP contribution in [0.3, 0.4) is 0 Å². The van der Waals surface area contributed by atoms with E-state index in [0.29, 0.717) is 19.7 Å². The molecule has 0 atom stereocenters. The average molecular weight is 387 g/mol. The molecule has 0 unspecified atom stereocenters. The summed E-state index contributed by atoms with van der Waals surface area (Å²) in [6.45, 7) is 0. The van der Waals surface area contributed by atoms with Crippen LogP contribution in [-0.2, 0) is 0 Å². The lowest BCUT2D eigenvalue weighted by Crippen LogP contribution is -1.82. The molecule has 6 heteroatoms. The molecule has 0 aliphatic rings. The van der Waals surface area contributed by atoms with E-state index in [0.717, 1.165) is 0 Å². The van der Waals surface area contributed by atoms with Gasteiger partial charge in [0.2, 0.25) is 0 Å². The Bertz CT molecular complexity index is 551. The highest BCUT2D eigenvalue weighted by molar-refractivity contribution is 9.11. The van der Waals surface area contributed by atoms with Crippen molar-refractivity contribution in [3.05, 3.63) is 31.1 Å². The predicted molar refractivity (Wildman–Crippen MR) is 72.7 cm³/mol. The lowest BCUT2D eigenvalue weighted by atomic mass is 10.1. The minimum Gasteiger partial charge on any atom is -0.505 e. The second-order valence-electron chi connectivity index (χ2n) is 3.14. The Morgan fingerprint density at radius 3 is 1.62 bits per heavy atom. The molecule has 0 aromatic heterocycles. The SMILES string of the molecule is Oc1c(Br)cc2cc(Br)c(O)c(Cl)c2c1Cl. The highest BCUT2D eigenvalue weighted by atomic mass is 79.9. The van der Waals surface area contributed by atoms with Crippen LogP contribution in [0.5, 0.6) is 11.5 Å². The maximum absolute atomic E-state index is 9.66. The Morgan fingerprint density at radius 1 is 0.875 bits per heavy atom. The number of aromatic hydroxyl groups is 2. The van der Waals surface area contributed by atoms with Gasteiger partial charge in [0.05, 0.1) is 19.0 Å². The molecule has 2 nitrogen and oxygen atoms in total. The fourth-order valence-electron chi connectivity index (χ4n) is 1.39. The smallest absolute Gasteiger partial charge is 0.149 e. The van der Waals surface area contributed by atoms with E-state index in [1.54, 1.807) is 12.1 Å². The van der Waals surface area contributed by atoms with Crippen molar-refractivity contribution in [3.63, 3.8) is 0 Å². The molecule has 2 N–H and O–H groups in total. The number of benzene rings is 2. The van der Waals surface area contributed by atoms with Crippen LogP contribution in [0.2, 0.25) is 10.0 Å². The zero-order chi connectivity index (χ0) is 12.0. The monoisotopic (exact) mass is 384 g/mol. The summed E-state index contributed by atoms with van der Waals surface area (Å²) in [7, 11) is 0. The van der Waals surface area contributed by atoms with Crippen LogP contribution < -0.4 is 0 Å². The van der Waals surface area contributed by atoms with Crippen LogP contribution in [-0.4, -0.2) is 10.2 Å². The van der Waals surface area contributed by atoms with Gasteiger partial charge in [-0.1, -0.05) is 23.2 Å². The van der Waals surface area contributed by atoms with Gasteiger partial charge in [-0.05, 0) is 49.4 Å². The van der Waals surface area contributed by atoms with Gasteiger partial charge in [0, 0.05) is 5.39 Å². The van der Waals surface area contributed by atoms with Gasteiger partial charge in [-0.3, -0.25) is 0 Å². The van der Waals surface area contributed by atoms with Crippen LogP contribution >= 0.6 is 55.1 Å². The van der Waals surface area contributed by atoms with E-state index in [-0.39, 0.29) is 21.5 Å². The van der Waals surface area contributed by atoms with Crippen molar-refractivity contribution in [1.29, 1.82) is 0 Å². The number of rotatable bonds is 0. The highest BCUT2D eigenvalue weighted by Crippen LogP contribution is 2.46. The normalized spacial score (nSPS) is 11.0. The van der Waals surface area contributed by atoms with E-state index in [1.165, 1.54) is 0 Å². The second kappa shape index (κ2) is 4.26. The average Bonchev–Trinajstić information content (AvgIpc) is 2.23. The summed E-state index contributed by atoms with van der Waals surface area (Å²) in [6, 6.07) is 3.35. The molecule has 0 aliphatic carbocycles. The van der Waals surface area contributed by atoms with Gasteiger partial charge < -0.3 is 10.2 Å². The molecule has 84 valence electrons. The van der Waals surface area contributed by atoms with Gasteiger partial charge >= 0.3 is 0 Å². The van der Waals surface area contributed by atoms with Crippen LogP contribution in [0.15, 0.2) is 21.1 Å². The Balaban J connectivity index is 3.03. The summed E-state index contributed by atoms with van der Waals surface area (Å²) in [5.41, 5.74) is 0. The van der Waals surface area contributed by atoms with Gasteiger partial charge in [0.15, 0.2) is 0 Å². The third-order valence-electron chi connectivity index (χ3n) is 2.16.